The number of nitrogens with one attached hydrogen (secondary N) is 1. The SMILES string of the molecule is COC(=O)CCC(=O)c1cn(-c2c(-c3ccccc3)c3cc(Cl)ccc3[nH]c2=O)c2ccc(Cl)cc12. The van der Waals surface area contributed by atoms with Crippen LogP contribution in [0.1, 0.15) is 23.2 Å². The summed E-state index contributed by atoms with van der Waals surface area (Å²) in [6, 6.07) is 20.0. The number of esters is 1. The Balaban J connectivity index is 1.82. The van der Waals surface area contributed by atoms with Gasteiger partial charge in [0.1, 0.15) is 5.69 Å². The number of ketones is 1. The first-order valence-electron chi connectivity index (χ1n) is 11.2. The summed E-state index contributed by atoms with van der Waals surface area (Å²) in [6.07, 6.45) is 1.55. The predicted molar refractivity (Wildman–Crippen MR) is 142 cm³/mol. The minimum absolute atomic E-state index is 0.0342. The number of Topliss-reactive ketones (excluding diaryl/α,β-unsaturated/α-hetero) is 1. The molecule has 5 rings (SSSR count). The Hall–Kier alpha value is -3.87. The molecule has 2 aromatic heterocycles. The maximum Gasteiger partial charge on any atom is 0.305 e. The van der Waals surface area contributed by atoms with Crippen molar-refractivity contribution in [2.45, 2.75) is 12.8 Å². The predicted octanol–water partition coefficient (Wildman–Crippen LogP) is 6.58. The summed E-state index contributed by atoms with van der Waals surface area (Å²) >= 11 is 12.6. The molecule has 1 N–H and O–H groups in total. The number of fused-ring (bicyclic) bond motifs is 2. The standard InChI is InChI=1S/C28H20Cl2N2O4/c1-36-25(34)12-11-24(33)21-15-32(23-10-8-18(30)13-19(21)23)27-26(16-5-3-2-4-6-16)20-14-17(29)7-9-22(20)31-28(27)35/h2-10,13-15H,11-12H2,1H3,(H,31,35). The molecular formula is C28H20Cl2N2O4. The van der Waals surface area contributed by atoms with E-state index in [4.69, 9.17) is 23.2 Å². The molecule has 0 radical (unpaired) electrons. The second-order valence-electron chi connectivity index (χ2n) is 8.31. The lowest BCUT2D eigenvalue weighted by Crippen LogP contribution is -2.16. The van der Waals surface area contributed by atoms with Gasteiger partial charge in [0.2, 0.25) is 0 Å². The second kappa shape index (κ2) is 9.64. The van der Waals surface area contributed by atoms with Gasteiger partial charge in [-0.05, 0) is 42.0 Å². The maximum atomic E-state index is 13.6. The van der Waals surface area contributed by atoms with Gasteiger partial charge in [0, 0.05) is 50.1 Å². The Morgan fingerprint density at radius 2 is 1.61 bits per heavy atom. The molecule has 0 saturated heterocycles. The lowest BCUT2D eigenvalue weighted by molar-refractivity contribution is -0.140. The van der Waals surface area contributed by atoms with Gasteiger partial charge in [0.15, 0.2) is 5.78 Å². The fourth-order valence-corrected chi connectivity index (χ4v) is 4.79. The van der Waals surface area contributed by atoms with E-state index < -0.39 is 5.97 Å². The van der Waals surface area contributed by atoms with Crippen molar-refractivity contribution >= 4 is 56.8 Å². The Kier molecular flexibility index (Phi) is 6.39. The zero-order chi connectivity index (χ0) is 25.4. The largest absolute Gasteiger partial charge is 0.469 e. The van der Waals surface area contributed by atoms with E-state index in [0.29, 0.717) is 43.3 Å². The fourth-order valence-electron chi connectivity index (χ4n) is 4.44. The summed E-state index contributed by atoms with van der Waals surface area (Å²) in [5.41, 5.74) is 3.14. The van der Waals surface area contributed by atoms with Crippen molar-refractivity contribution < 1.29 is 14.3 Å². The minimum atomic E-state index is -0.473. The molecule has 0 aliphatic heterocycles. The molecule has 0 saturated carbocycles. The van der Waals surface area contributed by atoms with Crippen LogP contribution in [0.25, 0.3) is 38.6 Å². The van der Waals surface area contributed by atoms with Crippen molar-refractivity contribution in [3.05, 3.63) is 98.9 Å². The summed E-state index contributed by atoms with van der Waals surface area (Å²) in [5.74, 6) is -0.729. The third kappa shape index (κ3) is 4.30. The minimum Gasteiger partial charge on any atom is -0.469 e. The Labute approximate surface area is 216 Å². The van der Waals surface area contributed by atoms with Gasteiger partial charge in [-0.3, -0.25) is 14.4 Å². The van der Waals surface area contributed by atoms with Gasteiger partial charge in [0.25, 0.3) is 5.56 Å². The van der Waals surface area contributed by atoms with E-state index in [1.165, 1.54) is 7.11 Å². The van der Waals surface area contributed by atoms with Gasteiger partial charge in [-0.25, -0.2) is 0 Å². The van der Waals surface area contributed by atoms with Crippen molar-refractivity contribution in [3.63, 3.8) is 0 Å². The summed E-state index contributed by atoms with van der Waals surface area (Å²) in [6.45, 7) is 0. The molecule has 8 heteroatoms. The molecule has 5 aromatic rings. The van der Waals surface area contributed by atoms with E-state index in [2.05, 4.69) is 9.72 Å². The highest BCUT2D eigenvalue weighted by molar-refractivity contribution is 6.32. The number of carbonyl (C=O) groups excluding carboxylic acids is 2. The first kappa shape index (κ1) is 23.9. The van der Waals surface area contributed by atoms with Crippen molar-refractivity contribution in [2.75, 3.05) is 7.11 Å². The molecule has 180 valence electrons. The number of ether oxygens (including phenoxy) is 1. The molecular weight excluding hydrogens is 499 g/mol. The molecule has 0 fully saturated rings. The van der Waals surface area contributed by atoms with Crippen LogP contribution in [0.4, 0.5) is 0 Å². The Morgan fingerprint density at radius 3 is 2.33 bits per heavy atom. The van der Waals surface area contributed by atoms with Crippen molar-refractivity contribution in [1.29, 1.82) is 0 Å². The molecule has 0 amide bonds. The van der Waals surface area contributed by atoms with E-state index in [1.807, 2.05) is 36.4 Å². The van der Waals surface area contributed by atoms with Gasteiger partial charge in [-0.15, -0.1) is 0 Å². The van der Waals surface area contributed by atoms with E-state index in [9.17, 15) is 14.4 Å². The molecule has 0 spiro atoms. The van der Waals surface area contributed by atoms with Crippen LogP contribution in [0.15, 0.2) is 77.7 Å². The van der Waals surface area contributed by atoms with Crippen LogP contribution in [-0.4, -0.2) is 28.4 Å². The third-order valence-corrected chi connectivity index (χ3v) is 6.58. The Bertz CT molecular complexity index is 1700. The molecule has 0 aliphatic carbocycles. The normalized spacial score (nSPS) is 11.2. The summed E-state index contributed by atoms with van der Waals surface area (Å²) in [7, 11) is 1.28. The number of rotatable bonds is 6. The van der Waals surface area contributed by atoms with Crippen LogP contribution in [0.3, 0.4) is 0 Å². The average Bonchev–Trinajstić information content (AvgIpc) is 3.25. The first-order valence-corrected chi connectivity index (χ1v) is 11.9. The zero-order valence-electron chi connectivity index (χ0n) is 19.2. The maximum absolute atomic E-state index is 13.6. The molecule has 0 atom stereocenters. The number of benzene rings is 3. The van der Waals surface area contributed by atoms with E-state index in [1.54, 1.807) is 41.1 Å². The number of hydrogen-bond acceptors (Lipinski definition) is 4. The number of H-pyrrole nitrogens is 1. The topological polar surface area (TPSA) is 81.2 Å². The second-order valence-corrected chi connectivity index (χ2v) is 9.18. The van der Waals surface area contributed by atoms with E-state index in [0.717, 1.165) is 10.9 Å². The smallest absolute Gasteiger partial charge is 0.305 e. The number of nitrogens with zero attached hydrogens (tertiary/aromatic N) is 1. The van der Waals surface area contributed by atoms with Gasteiger partial charge >= 0.3 is 5.97 Å². The number of carbonyl (C=O) groups is 2. The Morgan fingerprint density at radius 1 is 0.917 bits per heavy atom. The highest BCUT2D eigenvalue weighted by atomic mass is 35.5. The first-order chi connectivity index (χ1) is 17.4. The van der Waals surface area contributed by atoms with Crippen molar-refractivity contribution in [2.24, 2.45) is 0 Å². The quantitative estimate of drug-likeness (QED) is 0.203. The number of hydrogen-bond donors (Lipinski definition) is 1. The molecule has 6 nitrogen and oxygen atoms in total. The fraction of sp³-hybridized carbons (Fsp3) is 0.107. The van der Waals surface area contributed by atoms with Gasteiger partial charge in [-0.1, -0.05) is 53.5 Å². The van der Waals surface area contributed by atoms with Gasteiger partial charge < -0.3 is 14.3 Å². The lowest BCUT2D eigenvalue weighted by Gasteiger charge is -2.15. The van der Waals surface area contributed by atoms with Crippen LogP contribution in [-0.2, 0) is 9.53 Å². The summed E-state index contributed by atoms with van der Waals surface area (Å²) in [5, 5.41) is 2.32. The zero-order valence-corrected chi connectivity index (χ0v) is 20.7. The third-order valence-electron chi connectivity index (χ3n) is 6.11. The van der Waals surface area contributed by atoms with Crippen molar-refractivity contribution in [1.82, 2.24) is 9.55 Å². The number of aromatic nitrogens is 2. The number of pyridine rings is 1. The van der Waals surface area contributed by atoms with Crippen LogP contribution in [0.5, 0.6) is 0 Å². The lowest BCUT2D eigenvalue weighted by atomic mass is 9.99. The average molecular weight is 519 g/mol. The molecule has 3 aromatic carbocycles. The highest BCUT2D eigenvalue weighted by Gasteiger charge is 2.22. The van der Waals surface area contributed by atoms with Crippen LogP contribution >= 0.6 is 23.2 Å². The van der Waals surface area contributed by atoms with Crippen molar-refractivity contribution in [3.8, 4) is 16.8 Å². The molecule has 36 heavy (non-hydrogen) atoms. The molecule has 0 unspecified atom stereocenters. The highest BCUT2D eigenvalue weighted by Crippen LogP contribution is 2.36. The van der Waals surface area contributed by atoms with Crippen LogP contribution in [0.2, 0.25) is 10.0 Å². The van der Waals surface area contributed by atoms with Gasteiger partial charge in [0.05, 0.1) is 19.0 Å². The molecule has 0 bridgehead atoms. The molecule has 2 heterocycles. The van der Waals surface area contributed by atoms with Crippen LogP contribution < -0.4 is 5.56 Å². The molecule has 0 aliphatic rings. The monoisotopic (exact) mass is 518 g/mol. The summed E-state index contributed by atoms with van der Waals surface area (Å²) < 4.78 is 6.38. The van der Waals surface area contributed by atoms with Crippen LogP contribution in [0, 0.1) is 0 Å². The number of methoxy groups -OCH3 is 1. The number of aromatic amines is 1. The van der Waals surface area contributed by atoms with E-state index >= 15 is 0 Å². The summed E-state index contributed by atoms with van der Waals surface area (Å²) in [4.78, 5) is 41.3. The van der Waals surface area contributed by atoms with E-state index in [-0.39, 0.29) is 24.2 Å². The van der Waals surface area contributed by atoms with Gasteiger partial charge in [-0.2, -0.15) is 0 Å². The number of halogens is 2.